The van der Waals surface area contributed by atoms with Gasteiger partial charge in [0.15, 0.2) is 5.78 Å². The van der Waals surface area contributed by atoms with Gasteiger partial charge in [-0.15, -0.1) is 0 Å². The first-order valence-corrected chi connectivity index (χ1v) is 6.64. The number of hydrogen-bond acceptors (Lipinski definition) is 4. The number of nitrogens with zero attached hydrogens (tertiary/aromatic N) is 1. The molecular formula is C15H23NO3. The molecule has 0 aliphatic heterocycles. The third-order valence-electron chi connectivity index (χ3n) is 3.02. The van der Waals surface area contributed by atoms with Gasteiger partial charge in [-0.25, -0.2) is 0 Å². The summed E-state index contributed by atoms with van der Waals surface area (Å²) in [6.45, 7) is 7.71. The molecule has 1 aromatic carbocycles. The number of Topliss-reactive ketones (excluding diaryl/α,β-unsaturated/α-hetero) is 1. The first-order valence-electron chi connectivity index (χ1n) is 6.64. The lowest BCUT2D eigenvalue weighted by Gasteiger charge is -2.25. The van der Waals surface area contributed by atoms with E-state index in [4.69, 9.17) is 9.84 Å². The van der Waals surface area contributed by atoms with Crippen molar-refractivity contribution in [2.75, 3.05) is 26.3 Å². The van der Waals surface area contributed by atoms with E-state index >= 15 is 0 Å². The molecule has 0 amide bonds. The van der Waals surface area contributed by atoms with E-state index in [-0.39, 0.29) is 12.4 Å². The molecule has 0 saturated carbocycles. The van der Waals surface area contributed by atoms with Crippen LogP contribution in [-0.2, 0) is 0 Å². The molecule has 1 aromatic rings. The second-order valence-electron chi connectivity index (χ2n) is 4.75. The second kappa shape index (κ2) is 7.92. The van der Waals surface area contributed by atoms with E-state index in [1.165, 1.54) is 6.92 Å². The zero-order valence-electron chi connectivity index (χ0n) is 11.9. The van der Waals surface area contributed by atoms with Gasteiger partial charge in [0.05, 0.1) is 12.2 Å². The van der Waals surface area contributed by atoms with E-state index in [1.54, 1.807) is 6.07 Å². The average molecular weight is 265 g/mol. The number of ether oxygens (including phenoxy) is 1. The summed E-state index contributed by atoms with van der Waals surface area (Å²) >= 11 is 0. The molecule has 106 valence electrons. The van der Waals surface area contributed by atoms with Gasteiger partial charge >= 0.3 is 0 Å². The minimum Gasteiger partial charge on any atom is -0.491 e. The SMILES string of the molecule is CC(=O)c1ccccc1OCCN(CCO)C(C)C. The van der Waals surface area contributed by atoms with Crippen LogP contribution in [0.1, 0.15) is 31.1 Å². The van der Waals surface area contributed by atoms with E-state index < -0.39 is 0 Å². The molecule has 0 saturated heterocycles. The van der Waals surface area contributed by atoms with Crippen LogP contribution in [0.2, 0.25) is 0 Å². The Bertz CT molecular complexity index is 404. The minimum absolute atomic E-state index is 0.00618. The van der Waals surface area contributed by atoms with Gasteiger partial charge in [-0.2, -0.15) is 0 Å². The Morgan fingerprint density at radius 1 is 1.32 bits per heavy atom. The highest BCUT2D eigenvalue weighted by molar-refractivity contribution is 5.96. The fraction of sp³-hybridized carbons (Fsp3) is 0.533. The number of aliphatic hydroxyl groups excluding tert-OH is 1. The highest BCUT2D eigenvalue weighted by atomic mass is 16.5. The Hall–Kier alpha value is -1.39. The van der Waals surface area contributed by atoms with Crippen LogP contribution in [0.15, 0.2) is 24.3 Å². The highest BCUT2D eigenvalue weighted by Gasteiger charge is 2.10. The van der Waals surface area contributed by atoms with Crippen LogP contribution < -0.4 is 4.74 Å². The lowest BCUT2D eigenvalue weighted by atomic mass is 10.1. The number of benzene rings is 1. The molecule has 0 bridgehead atoms. The van der Waals surface area contributed by atoms with E-state index in [0.29, 0.717) is 30.5 Å². The van der Waals surface area contributed by atoms with E-state index in [1.807, 2.05) is 18.2 Å². The Morgan fingerprint density at radius 2 is 2.00 bits per heavy atom. The number of para-hydroxylation sites is 1. The van der Waals surface area contributed by atoms with Crippen LogP contribution in [0.5, 0.6) is 5.75 Å². The standard InChI is InChI=1S/C15H23NO3/c1-12(2)16(8-10-17)9-11-19-15-7-5-4-6-14(15)13(3)18/h4-7,12,17H,8-11H2,1-3H3. The van der Waals surface area contributed by atoms with Gasteiger partial charge in [0.2, 0.25) is 0 Å². The van der Waals surface area contributed by atoms with Crippen LogP contribution in [0.25, 0.3) is 0 Å². The predicted octanol–water partition coefficient (Wildman–Crippen LogP) is 1.97. The number of carbonyl (C=O) groups is 1. The topological polar surface area (TPSA) is 49.8 Å². The minimum atomic E-state index is 0.00618. The molecule has 4 nitrogen and oxygen atoms in total. The Kier molecular flexibility index (Phi) is 6.53. The molecule has 0 unspecified atom stereocenters. The van der Waals surface area contributed by atoms with Crippen LogP contribution in [-0.4, -0.2) is 48.1 Å². The molecule has 0 aromatic heterocycles. The van der Waals surface area contributed by atoms with Crippen LogP contribution in [0.3, 0.4) is 0 Å². The summed E-state index contributed by atoms with van der Waals surface area (Å²) in [6.07, 6.45) is 0. The molecule has 0 heterocycles. The number of rotatable bonds is 8. The normalized spacial score (nSPS) is 11.1. The van der Waals surface area contributed by atoms with Crippen molar-refractivity contribution in [1.82, 2.24) is 4.90 Å². The molecule has 0 radical (unpaired) electrons. The molecule has 0 atom stereocenters. The van der Waals surface area contributed by atoms with E-state index in [9.17, 15) is 4.79 Å². The zero-order chi connectivity index (χ0) is 14.3. The van der Waals surface area contributed by atoms with Gasteiger partial charge in [0.1, 0.15) is 12.4 Å². The van der Waals surface area contributed by atoms with Gasteiger partial charge in [-0.05, 0) is 32.9 Å². The summed E-state index contributed by atoms with van der Waals surface area (Å²) < 4.78 is 5.68. The van der Waals surface area contributed by atoms with Crippen LogP contribution in [0.4, 0.5) is 0 Å². The third-order valence-corrected chi connectivity index (χ3v) is 3.02. The van der Waals surface area contributed by atoms with Gasteiger partial charge in [-0.1, -0.05) is 12.1 Å². The maximum atomic E-state index is 11.5. The van der Waals surface area contributed by atoms with Crippen molar-refractivity contribution in [2.45, 2.75) is 26.8 Å². The molecule has 1 N–H and O–H groups in total. The van der Waals surface area contributed by atoms with E-state index in [2.05, 4.69) is 18.7 Å². The first kappa shape index (κ1) is 15.7. The molecule has 1 rings (SSSR count). The monoisotopic (exact) mass is 265 g/mol. The van der Waals surface area contributed by atoms with Gasteiger partial charge < -0.3 is 9.84 Å². The Balaban J connectivity index is 2.55. The van der Waals surface area contributed by atoms with Gasteiger partial charge in [0.25, 0.3) is 0 Å². The summed E-state index contributed by atoms with van der Waals surface area (Å²) in [5.74, 6) is 0.634. The molecule has 0 aliphatic rings. The molecule has 0 fully saturated rings. The van der Waals surface area contributed by atoms with Crippen molar-refractivity contribution in [3.8, 4) is 5.75 Å². The maximum absolute atomic E-state index is 11.5. The van der Waals surface area contributed by atoms with Crippen LogP contribution >= 0.6 is 0 Å². The fourth-order valence-corrected chi connectivity index (χ4v) is 1.91. The van der Waals surface area contributed by atoms with Gasteiger partial charge in [-0.3, -0.25) is 9.69 Å². The number of carbonyl (C=O) groups excluding carboxylic acids is 1. The average Bonchev–Trinajstić information content (AvgIpc) is 2.38. The van der Waals surface area contributed by atoms with Crippen LogP contribution in [0, 0.1) is 0 Å². The molecule has 19 heavy (non-hydrogen) atoms. The zero-order valence-corrected chi connectivity index (χ0v) is 11.9. The van der Waals surface area contributed by atoms with Crippen molar-refractivity contribution in [2.24, 2.45) is 0 Å². The van der Waals surface area contributed by atoms with Crippen molar-refractivity contribution in [3.63, 3.8) is 0 Å². The predicted molar refractivity (Wildman–Crippen MR) is 75.7 cm³/mol. The fourth-order valence-electron chi connectivity index (χ4n) is 1.91. The Labute approximate surface area is 115 Å². The van der Waals surface area contributed by atoms with E-state index in [0.717, 1.165) is 6.54 Å². The molecule has 0 aliphatic carbocycles. The quantitative estimate of drug-likeness (QED) is 0.730. The first-order chi connectivity index (χ1) is 9.06. The number of ketones is 1. The Morgan fingerprint density at radius 3 is 2.58 bits per heavy atom. The number of hydrogen-bond donors (Lipinski definition) is 1. The smallest absolute Gasteiger partial charge is 0.163 e. The van der Waals surface area contributed by atoms with Crippen molar-refractivity contribution >= 4 is 5.78 Å². The summed E-state index contributed by atoms with van der Waals surface area (Å²) in [5, 5.41) is 8.99. The summed E-state index contributed by atoms with van der Waals surface area (Å²) in [5.41, 5.74) is 0.612. The molecule has 0 spiro atoms. The van der Waals surface area contributed by atoms with Crippen molar-refractivity contribution in [3.05, 3.63) is 29.8 Å². The third kappa shape index (κ3) is 5.01. The summed E-state index contributed by atoms with van der Waals surface area (Å²) in [7, 11) is 0. The summed E-state index contributed by atoms with van der Waals surface area (Å²) in [6, 6.07) is 7.62. The number of aliphatic hydroxyl groups is 1. The second-order valence-corrected chi connectivity index (χ2v) is 4.75. The lowest BCUT2D eigenvalue weighted by molar-refractivity contribution is 0.101. The van der Waals surface area contributed by atoms with Crippen molar-refractivity contribution in [1.29, 1.82) is 0 Å². The highest BCUT2D eigenvalue weighted by Crippen LogP contribution is 2.18. The largest absolute Gasteiger partial charge is 0.491 e. The lowest BCUT2D eigenvalue weighted by Crippen LogP contribution is -2.36. The maximum Gasteiger partial charge on any atom is 0.163 e. The summed E-state index contributed by atoms with van der Waals surface area (Å²) in [4.78, 5) is 13.6. The van der Waals surface area contributed by atoms with Crippen molar-refractivity contribution < 1.29 is 14.6 Å². The van der Waals surface area contributed by atoms with Gasteiger partial charge in [0, 0.05) is 19.1 Å². The molecule has 4 heteroatoms. The molecular weight excluding hydrogens is 242 g/mol.